The van der Waals surface area contributed by atoms with Crippen LogP contribution in [-0.4, -0.2) is 11.5 Å². The van der Waals surface area contributed by atoms with Gasteiger partial charge in [0.2, 0.25) is 0 Å². The van der Waals surface area contributed by atoms with Crippen LogP contribution in [0.3, 0.4) is 0 Å². The highest BCUT2D eigenvalue weighted by Gasteiger charge is 2.13. The van der Waals surface area contributed by atoms with E-state index in [1.165, 1.54) is 16.7 Å². The molecule has 1 unspecified atom stereocenters. The molecule has 0 saturated heterocycles. The molecule has 0 aliphatic heterocycles. The van der Waals surface area contributed by atoms with Gasteiger partial charge in [0.1, 0.15) is 0 Å². The van der Waals surface area contributed by atoms with Crippen molar-refractivity contribution in [1.29, 1.82) is 0 Å². The zero-order valence-corrected chi connectivity index (χ0v) is 13.3. The number of aromatic nitrogens is 1. The number of nitrogens with one attached hydrogen (secondary N) is 1. The second-order valence-corrected chi connectivity index (χ2v) is 6.01. The predicted octanol–water partition coefficient (Wildman–Crippen LogP) is 4.37. The average Bonchev–Trinajstić information content (AvgIpc) is 2.50. The molecule has 1 aromatic heterocycles. The largest absolute Gasteiger partial charge is 0.306 e. The van der Waals surface area contributed by atoms with E-state index in [4.69, 9.17) is 0 Å². The Hall–Kier alpha value is -1.67. The molecule has 2 heteroatoms. The normalized spacial score (nSPS) is 12.6. The molecule has 0 amide bonds. The first-order valence-corrected chi connectivity index (χ1v) is 7.92. The molecule has 0 aliphatic rings. The topological polar surface area (TPSA) is 24.9 Å². The van der Waals surface area contributed by atoms with E-state index in [2.05, 4.69) is 61.4 Å². The summed E-state index contributed by atoms with van der Waals surface area (Å²) in [5, 5.41) is 3.62. The number of hydrogen-bond donors (Lipinski definition) is 1. The standard InChI is InChI=1S/C19H26N2/c1-4-11-21-19(18-6-5-12-20-14-18)17-9-7-16(8-10-17)13-15(2)3/h5-10,12,14-15,19,21H,4,11,13H2,1-3H3. The van der Waals surface area contributed by atoms with Crippen LogP contribution in [0.1, 0.15) is 49.9 Å². The molecule has 2 rings (SSSR count). The minimum atomic E-state index is 0.228. The maximum absolute atomic E-state index is 4.26. The van der Waals surface area contributed by atoms with Crippen molar-refractivity contribution in [3.63, 3.8) is 0 Å². The van der Waals surface area contributed by atoms with Crippen LogP contribution >= 0.6 is 0 Å². The molecule has 0 radical (unpaired) electrons. The first-order valence-electron chi connectivity index (χ1n) is 7.92. The Labute approximate surface area is 128 Å². The zero-order chi connectivity index (χ0) is 15.1. The van der Waals surface area contributed by atoms with Gasteiger partial charge in [-0.3, -0.25) is 4.98 Å². The van der Waals surface area contributed by atoms with Crippen molar-refractivity contribution >= 4 is 0 Å². The highest BCUT2D eigenvalue weighted by molar-refractivity contribution is 5.32. The van der Waals surface area contributed by atoms with Crippen molar-refractivity contribution in [2.75, 3.05) is 6.54 Å². The Morgan fingerprint density at radius 1 is 1.05 bits per heavy atom. The number of hydrogen-bond acceptors (Lipinski definition) is 2. The van der Waals surface area contributed by atoms with Crippen LogP contribution in [0.4, 0.5) is 0 Å². The lowest BCUT2D eigenvalue weighted by Crippen LogP contribution is -2.23. The molecule has 1 heterocycles. The second kappa shape index (κ2) is 7.94. The average molecular weight is 282 g/mol. The van der Waals surface area contributed by atoms with E-state index < -0.39 is 0 Å². The fourth-order valence-electron chi connectivity index (χ4n) is 2.58. The smallest absolute Gasteiger partial charge is 0.0591 e. The second-order valence-electron chi connectivity index (χ2n) is 6.01. The molecule has 2 aromatic rings. The first-order chi connectivity index (χ1) is 10.2. The van der Waals surface area contributed by atoms with Crippen molar-refractivity contribution in [3.8, 4) is 0 Å². The van der Waals surface area contributed by atoms with Crippen LogP contribution < -0.4 is 5.32 Å². The third-order valence-electron chi connectivity index (χ3n) is 3.57. The lowest BCUT2D eigenvalue weighted by molar-refractivity contribution is 0.596. The Kier molecular flexibility index (Phi) is 5.94. The summed E-state index contributed by atoms with van der Waals surface area (Å²) in [4.78, 5) is 4.26. The van der Waals surface area contributed by atoms with Gasteiger partial charge in [-0.15, -0.1) is 0 Å². The van der Waals surface area contributed by atoms with E-state index in [1.54, 1.807) is 0 Å². The van der Waals surface area contributed by atoms with Gasteiger partial charge in [0, 0.05) is 12.4 Å². The number of nitrogens with zero attached hydrogens (tertiary/aromatic N) is 1. The van der Waals surface area contributed by atoms with Crippen molar-refractivity contribution in [1.82, 2.24) is 10.3 Å². The molecule has 2 nitrogen and oxygen atoms in total. The number of pyridine rings is 1. The van der Waals surface area contributed by atoms with Gasteiger partial charge in [-0.25, -0.2) is 0 Å². The van der Waals surface area contributed by atoms with Crippen LogP contribution in [0.5, 0.6) is 0 Å². The highest BCUT2D eigenvalue weighted by Crippen LogP contribution is 2.22. The van der Waals surface area contributed by atoms with Crippen LogP contribution in [-0.2, 0) is 6.42 Å². The van der Waals surface area contributed by atoms with Crippen molar-refractivity contribution in [2.45, 2.75) is 39.7 Å². The van der Waals surface area contributed by atoms with Crippen LogP contribution in [0, 0.1) is 5.92 Å². The third kappa shape index (κ3) is 4.68. The summed E-state index contributed by atoms with van der Waals surface area (Å²) in [5.74, 6) is 0.697. The molecule has 21 heavy (non-hydrogen) atoms. The SMILES string of the molecule is CCCNC(c1ccc(CC(C)C)cc1)c1cccnc1. The fourth-order valence-corrected chi connectivity index (χ4v) is 2.58. The van der Waals surface area contributed by atoms with Crippen molar-refractivity contribution in [2.24, 2.45) is 5.92 Å². The summed E-state index contributed by atoms with van der Waals surface area (Å²) < 4.78 is 0. The van der Waals surface area contributed by atoms with Gasteiger partial charge in [0.15, 0.2) is 0 Å². The van der Waals surface area contributed by atoms with Crippen molar-refractivity contribution < 1.29 is 0 Å². The monoisotopic (exact) mass is 282 g/mol. The minimum absolute atomic E-state index is 0.228. The maximum Gasteiger partial charge on any atom is 0.0591 e. The van der Waals surface area contributed by atoms with Crippen LogP contribution in [0.25, 0.3) is 0 Å². The summed E-state index contributed by atoms with van der Waals surface area (Å²) in [6.45, 7) is 7.72. The van der Waals surface area contributed by atoms with E-state index in [9.17, 15) is 0 Å². The molecule has 1 atom stereocenters. The van der Waals surface area contributed by atoms with E-state index >= 15 is 0 Å². The maximum atomic E-state index is 4.26. The molecule has 0 saturated carbocycles. The Morgan fingerprint density at radius 2 is 1.81 bits per heavy atom. The molecular formula is C19H26N2. The Morgan fingerprint density at radius 3 is 2.38 bits per heavy atom. The van der Waals surface area contributed by atoms with E-state index in [0.717, 1.165) is 19.4 Å². The lowest BCUT2D eigenvalue weighted by atomic mass is 9.96. The molecule has 1 aromatic carbocycles. The van der Waals surface area contributed by atoms with Gasteiger partial charge in [0.25, 0.3) is 0 Å². The van der Waals surface area contributed by atoms with Gasteiger partial charge in [-0.1, -0.05) is 51.1 Å². The van der Waals surface area contributed by atoms with Gasteiger partial charge >= 0.3 is 0 Å². The van der Waals surface area contributed by atoms with E-state index in [1.807, 2.05) is 18.5 Å². The summed E-state index contributed by atoms with van der Waals surface area (Å²) in [7, 11) is 0. The predicted molar refractivity (Wildman–Crippen MR) is 89.4 cm³/mol. The highest BCUT2D eigenvalue weighted by atomic mass is 14.9. The van der Waals surface area contributed by atoms with Crippen LogP contribution in [0.15, 0.2) is 48.8 Å². The molecule has 1 N–H and O–H groups in total. The summed E-state index contributed by atoms with van der Waals surface area (Å²) >= 11 is 0. The van der Waals surface area contributed by atoms with Crippen molar-refractivity contribution in [3.05, 3.63) is 65.5 Å². The van der Waals surface area contributed by atoms with E-state index in [-0.39, 0.29) is 6.04 Å². The summed E-state index contributed by atoms with van der Waals surface area (Å²) in [5.41, 5.74) is 3.95. The third-order valence-corrected chi connectivity index (χ3v) is 3.57. The van der Waals surface area contributed by atoms with Gasteiger partial charge in [-0.05, 0) is 48.1 Å². The Balaban J connectivity index is 2.20. The molecular weight excluding hydrogens is 256 g/mol. The van der Waals surface area contributed by atoms with Gasteiger partial charge in [0.05, 0.1) is 6.04 Å². The molecule has 112 valence electrons. The Bertz CT molecular complexity index is 517. The van der Waals surface area contributed by atoms with Gasteiger partial charge in [-0.2, -0.15) is 0 Å². The molecule has 0 aliphatic carbocycles. The molecule has 0 spiro atoms. The van der Waals surface area contributed by atoms with Gasteiger partial charge < -0.3 is 5.32 Å². The minimum Gasteiger partial charge on any atom is -0.306 e. The van der Waals surface area contributed by atoms with Crippen LogP contribution in [0.2, 0.25) is 0 Å². The molecule has 0 fully saturated rings. The first kappa shape index (κ1) is 15.7. The lowest BCUT2D eigenvalue weighted by Gasteiger charge is -2.19. The summed E-state index contributed by atoms with van der Waals surface area (Å²) in [6.07, 6.45) is 6.05. The molecule has 0 bridgehead atoms. The zero-order valence-electron chi connectivity index (χ0n) is 13.3. The van der Waals surface area contributed by atoms with E-state index in [0.29, 0.717) is 5.92 Å². The number of benzene rings is 1. The quantitative estimate of drug-likeness (QED) is 0.815. The summed E-state index contributed by atoms with van der Waals surface area (Å²) in [6, 6.07) is 13.4. The number of rotatable bonds is 7. The fraction of sp³-hybridized carbons (Fsp3) is 0.421.